The number of furan rings is 1. The normalized spacial score (nSPS) is 10.6. The number of anilines is 2. The molecule has 0 spiro atoms. The summed E-state index contributed by atoms with van der Waals surface area (Å²) in [5.74, 6) is -0.460. The van der Waals surface area contributed by atoms with Gasteiger partial charge in [0, 0.05) is 22.8 Å². The van der Waals surface area contributed by atoms with Crippen LogP contribution >= 0.6 is 27.3 Å². The quantitative estimate of drug-likeness (QED) is 0.393. The number of thiazole rings is 1. The molecule has 0 saturated carbocycles. The lowest BCUT2D eigenvalue weighted by molar-refractivity contribution is 0.0994. The fraction of sp³-hybridized carbons (Fsp3) is 0. The maximum atomic E-state index is 12.4. The maximum Gasteiger partial charge on any atom is 0.291 e. The van der Waals surface area contributed by atoms with Crippen LogP contribution in [0.25, 0.3) is 11.4 Å². The molecule has 1 aromatic carbocycles. The van der Waals surface area contributed by atoms with Crippen molar-refractivity contribution >= 4 is 49.9 Å². The van der Waals surface area contributed by atoms with Gasteiger partial charge in [0.2, 0.25) is 0 Å². The highest BCUT2D eigenvalue weighted by atomic mass is 79.9. The van der Waals surface area contributed by atoms with Crippen LogP contribution in [0.2, 0.25) is 0 Å². The average Bonchev–Trinajstić information content (AvgIpc) is 3.43. The number of nitrogens with one attached hydrogen (secondary N) is 3. The lowest BCUT2D eigenvalue weighted by atomic mass is 10.2. The number of rotatable bonds is 5. The first kappa shape index (κ1) is 18.2. The number of hydrogen-bond acceptors (Lipinski definition) is 5. The minimum Gasteiger partial charge on any atom is -0.444 e. The van der Waals surface area contributed by atoms with E-state index in [1.54, 1.807) is 36.4 Å². The summed E-state index contributed by atoms with van der Waals surface area (Å²) in [6.45, 7) is 0. The molecule has 0 fully saturated rings. The number of H-pyrrole nitrogens is 1. The molecule has 0 aliphatic carbocycles. The molecule has 2 amide bonds. The van der Waals surface area contributed by atoms with Crippen molar-refractivity contribution < 1.29 is 14.0 Å². The van der Waals surface area contributed by atoms with Crippen molar-refractivity contribution in [2.24, 2.45) is 0 Å². The Labute approximate surface area is 171 Å². The Bertz CT molecular complexity index is 1120. The van der Waals surface area contributed by atoms with Gasteiger partial charge in [0.15, 0.2) is 15.6 Å². The first-order valence-corrected chi connectivity index (χ1v) is 9.83. The second-order valence-corrected chi connectivity index (χ2v) is 7.35. The zero-order valence-corrected chi connectivity index (χ0v) is 16.6. The van der Waals surface area contributed by atoms with Gasteiger partial charge in [0.1, 0.15) is 0 Å². The minimum absolute atomic E-state index is 0.190. The second-order valence-electron chi connectivity index (χ2n) is 5.71. The van der Waals surface area contributed by atoms with Crippen molar-refractivity contribution in [3.05, 3.63) is 76.1 Å². The van der Waals surface area contributed by atoms with Gasteiger partial charge in [-0.2, -0.15) is 0 Å². The highest BCUT2D eigenvalue weighted by Crippen LogP contribution is 2.24. The van der Waals surface area contributed by atoms with Gasteiger partial charge in [-0.05, 0) is 64.5 Å². The zero-order valence-electron chi connectivity index (χ0n) is 14.2. The molecule has 0 radical (unpaired) electrons. The molecule has 28 heavy (non-hydrogen) atoms. The summed E-state index contributed by atoms with van der Waals surface area (Å²) in [6.07, 6.45) is 1.82. The maximum absolute atomic E-state index is 12.4. The van der Waals surface area contributed by atoms with E-state index >= 15 is 0 Å². The van der Waals surface area contributed by atoms with Gasteiger partial charge in [0.25, 0.3) is 11.8 Å². The van der Waals surface area contributed by atoms with Crippen LogP contribution in [0.4, 0.5) is 10.8 Å². The van der Waals surface area contributed by atoms with E-state index < -0.39 is 0 Å². The van der Waals surface area contributed by atoms with Crippen LogP contribution in [0.1, 0.15) is 20.9 Å². The number of carbonyl (C=O) groups excluding carboxylic acids is 2. The number of hydrogen-bond donors (Lipinski definition) is 3. The number of halogens is 1. The Kier molecular flexibility index (Phi) is 5.09. The third-order valence-electron chi connectivity index (χ3n) is 3.80. The first-order valence-electron chi connectivity index (χ1n) is 8.16. The molecule has 0 aliphatic heterocycles. The highest BCUT2D eigenvalue weighted by Gasteiger charge is 2.13. The molecule has 4 rings (SSSR count). The smallest absolute Gasteiger partial charge is 0.291 e. The Morgan fingerprint density at radius 3 is 2.54 bits per heavy atom. The molecule has 0 atom stereocenters. The molecule has 3 heterocycles. The van der Waals surface area contributed by atoms with E-state index in [2.05, 4.69) is 36.5 Å². The molecule has 0 aliphatic rings. The minimum atomic E-state index is -0.373. The van der Waals surface area contributed by atoms with Crippen molar-refractivity contribution in [3.8, 4) is 11.4 Å². The van der Waals surface area contributed by atoms with Crippen LogP contribution in [0, 0.1) is 0 Å². The summed E-state index contributed by atoms with van der Waals surface area (Å²) in [6, 6.07) is 13.6. The Morgan fingerprint density at radius 1 is 1.04 bits per heavy atom. The monoisotopic (exact) mass is 456 g/mol. The molecule has 9 heteroatoms. The van der Waals surface area contributed by atoms with E-state index in [9.17, 15) is 9.59 Å². The summed E-state index contributed by atoms with van der Waals surface area (Å²) in [4.78, 5) is 31.9. The van der Waals surface area contributed by atoms with E-state index in [-0.39, 0.29) is 17.6 Å². The third-order valence-corrected chi connectivity index (χ3v) is 4.98. The van der Waals surface area contributed by atoms with Crippen LogP contribution in [0.3, 0.4) is 0 Å². The van der Waals surface area contributed by atoms with Crippen molar-refractivity contribution in [1.29, 1.82) is 0 Å². The highest BCUT2D eigenvalue weighted by molar-refractivity contribution is 9.10. The van der Waals surface area contributed by atoms with Gasteiger partial charge in [0.05, 0.1) is 11.4 Å². The Morgan fingerprint density at radius 2 is 1.86 bits per heavy atom. The van der Waals surface area contributed by atoms with Crippen LogP contribution in [0.15, 0.2) is 69.2 Å². The lowest BCUT2D eigenvalue weighted by Gasteiger charge is -2.05. The van der Waals surface area contributed by atoms with E-state index in [0.717, 1.165) is 11.4 Å². The topological polar surface area (TPSA) is 100 Å². The number of aromatic nitrogens is 2. The van der Waals surface area contributed by atoms with Crippen molar-refractivity contribution in [1.82, 2.24) is 9.97 Å². The molecule has 3 N–H and O–H groups in total. The number of nitrogens with zero attached hydrogens (tertiary/aromatic N) is 1. The van der Waals surface area contributed by atoms with E-state index in [1.807, 2.05) is 23.7 Å². The summed E-state index contributed by atoms with van der Waals surface area (Å²) < 4.78 is 5.69. The summed E-state index contributed by atoms with van der Waals surface area (Å²) in [7, 11) is 0. The van der Waals surface area contributed by atoms with Crippen LogP contribution in [-0.4, -0.2) is 21.8 Å². The van der Waals surface area contributed by atoms with Crippen LogP contribution in [0.5, 0.6) is 0 Å². The molecule has 4 aromatic rings. The largest absolute Gasteiger partial charge is 0.444 e. The summed E-state index contributed by atoms with van der Waals surface area (Å²) in [5, 5.41) is 7.86. The van der Waals surface area contributed by atoms with E-state index in [1.165, 1.54) is 11.3 Å². The van der Waals surface area contributed by atoms with Gasteiger partial charge >= 0.3 is 0 Å². The van der Waals surface area contributed by atoms with Crippen LogP contribution < -0.4 is 10.6 Å². The van der Waals surface area contributed by atoms with Crippen molar-refractivity contribution in [2.75, 3.05) is 10.6 Å². The summed E-state index contributed by atoms with van der Waals surface area (Å²) >= 11 is 4.50. The van der Waals surface area contributed by atoms with E-state index in [0.29, 0.717) is 21.1 Å². The fourth-order valence-corrected chi connectivity index (χ4v) is 3.46. The number of aromatic amines is 1. The molecule has 3 aromatic heterocycles. The van der Waals surface area contributed by atoms with Gasteiger partial charge in [-0.25, -0.2) is 4.98 Å². The van der Waals surface area contributed by atoms with E-state index in [4.69, 9.17) is 4.42 Å². The predicted molar refractivity (Wildman–Crippen MR) is 111 cm³/mol. The van der Waals surface area contributed by atoms with Gasteiger partial charge < -0.3 is 14.7 Å². The Hall–Kier alpha value is -3.17. The standard InChI is InChI=1S/C19H13BrN4O3S/c20-16-8-7-15(27-16)18(26)22-12-5-3-11(4-6-12)17(25)24-19-23-14(10-28-19)13-2-1-9-21-13/h1-10,21H,(H,22,26)(H,23,24,25). The third kappa shape index (κ3) is 4.05. The van der Waals surface area contributed by atoms with Gasteiger partial charge in [-0.15, -0.1) is 11.3 Å². The van der Waals surface area contributed by atoms with Crippen molar-refractivity contribution in [3.63, 3.8) is 0 Å². The lowest BCUT2D eigenvalue weighted by Crippen LogP contribution is -2.13. The molecule has 0 bridgehead atoms. The average molecular weight is 457 g/mol. The van der Waals surface area contributed by atoms with Gasteiger partial charge in [-0.1, -0.05) is 0 Å². The number of carbonyl (C=O) groups is 2. The summed E-state index contributed by atoms with van der Waals surface area (Å²) in [5.41, 5.74) is 2.67. The zero-order chi connectivity index (χ0) is 19.5. The fourth-order valence-electron chi connectivity index (χ4n) is 2.45. The molecule has 140 valence electrons. The molecule has 0 unspecified atom stereocenters. The molecule has 0 saturated heterocycles. The SMILES string of the molecule is O=C(Nc1nc(-c2ccc[nH]2)cs1)c1ccc(NC(=O)c2ccc(Br)o2)cc1. The molecular weight excluding hydrogens is 444 g/mol. The number of benzene rings is 1. The first-order chi connectivity index (χ1) is 13.6. The second kappa shape index (κ2) is 7.83. The van der Waals surface area contributed by atoms with Crippen LogP contribution in [-0.2, 0) is 0 Å². The van der Waals surface area contributed by atoms with Crippen molar-refractivity contribution in [2.45, 2.75) is 0 Å². The molecular formula is C19H13BrN4O3S. The number of amides is 2. The Balaban J connectivity index is 1.39. The van der Waals surface area contributed by atoms with Gasteiger partial charge in [-0.3, -0.25) is 14.9 Å². The predicted octanol–water partition coefficient (Wildman–Crippen LogP) is 5.00. The molecule has 7 nitrogen and oxygen atoms in total.